The van der Waals surface area contributed by atoms with E-state index in [0.717, 1.165) is 27.9 Å². The molecule has 1 amide bonds. The minimum Gasteiger partial charge on any atom is -0.308 e. The van der Waals surface area contributed by atoms with E-state index in [4.69, 9.17) is 16.6 Å². The molecule has 142 valence electrons. The Hall–Kier alpha value is -1.95. The van der Waals surface area contributed by atoms with Crippen LogP contribution in [0.1, 0.15) is 27.0 Å². The van der Waals surface area contributed by atoms with Gasteiger partial charge in [-0.2, -0.15) is 0 Å². The Balaban J connectivity index is 2.03. The number of hydrogen-bond donors (Lipinski definition) is 0. The molecule has 2 aromatic carbocycles. The van der Waals surface area contributed by atoms with Crippen LogP contribution in [0.15, 0.2) is 30.3 Å². The lowest BCUT2D eigenvalue weighted by Crippen LogP contribution is -2.36. The summed E-state index contributed by atoms with van der Waals surface area (Å²) in [5, 5.41) is 1.40. The van der Waals surface area contributed by atoms with E-state index in [-0.39, 0.29) is 5.91 Å². The Labute approximate surface area is 169 Å². The molecule has 0 bridgehead atoms. The van der Waals surface area contributed by atoms with Crippen molar-refractivity contribution in [1.82, 2.24) is 9.88 Å². The largest absolute Gasteiger partial charge is 0.308 e. The first kappa shape index (κ1) is 19.8. The molecule has 1 heterocycles. The third-order valence-electron chi connectivity index (χ3n) is 4.64. The summed E-state index contributed by atoms with van der Waals surface area (Å²) < 4.78 is 0.998. The highest BCUT2D eigenvalue weighted by Crippen LogP contribution is 2.33. The summed E-state index contributed by atoms with van der Waals surface area (Å²) in [6.45, 7) is 7.40. The molecule has 0 N–H and O–H groups in total. The molecule has 6 heteroatoms. The standard InChI is InChI=1S/C21H24ClN3OS/c1-13-6-7-16(10-14(13)2)20(26)25(9-8-24(4)5)21-23-19-15(3)11-17(22)12-18(19)27-21/h6-7,10-12H,8-9H2,1-5H3. The van der Waals surface area contributed by atoms with E-state index in [1.54, 1.807) is 4.90 Å². The molecule has 0 saturated heterocycles. The van der Waals surface area contributed by atoms with E-state index in [2.05, 4.69) is 4.90 Å². The number of halogens is 1. The van der Waals surface area contributed by atoms with Crippen molar-refractivity contribution in [3.63, 3.8) is 0 Å². The lowest BCUT2D eigenvalue weighted by Gasteiger charge is -2.22. The summed E-state index contributed by atoms with van der Waals surface area (Å²) in [5.74, 6) is -0.0252. The Morgan fingerprint density at radius 3 is 2.44 bits per heavy atom. The summed E-state index contributed by atoms with van der Waals surface area (Å²) >= 11 is 7.70. The monoisotopic (exact) mass is 401 g/mol. The first-order chi connectivity index (χ1) is 12.8. The van der Waals surface area contributed by atoms with E-state index in [9.17, 15) is 4.79 Å². The number of fused-ring (bicyclic) bond motifs is 1. The van der Waals surface area contributed by atoms with Crippen molar-refractivity contribution in [1.29, 1.82) is 0 Å². The SMILES string of the molecule is Cc1ccc(C(=O)N(CCN(C)C)c2nc3c(C)cc(Cl)cc3s2)cc1C. The molecule has 0 aliphatic carbocycles. The van der Waals surface area contributed by atoms with Crippen LogP contribution in [0.25, 0.3) is 10.2 Å². The van der Waals surface area contributed by atoms with Crippen LogP contribution in [0.5, 0.6) is 0 Å². The highest BCUT2D eigenvalue weighted by molar-refractivity contribution is 7.22. The highest BCUT2D eigenvalue weighted by Gasteiger charge is 2.22. The Kier molecular flexibility index (Phi) is 5.84. The third-order valence-corrected chi connectivity index (χ3v) is 5.88. The van der Waals surface area contributed by atoms with Crippen LogP contribution in [0.4, 0.5) is 5.13 Å². The maximum absolute atomic E-state index is 13.3. The number of amides is 1. The second-order valence-electron chi connectivity index (χ2n) is 7.12. The molecule has 0 radical (unpaired) electrons. The molecule has 4 nitrogen and oxygen atoms in total. The Morgan fingerprint density at radius 2 is 1.78 bits per heavy atom. The average Bonchev–Trinajstić information content (AvgIpc) is 3.01. The molecule has 0 spiro atoms. The number of anilines is 1. The van der Waals surface area contributed by atoms with E-state index >= 15 is 0 Å². The molecule has 0 unspecified atom stereocenters. The number of rotatable bonds is 5. The maximum atomic E-state index is 13.3. The molecule has 0 aliphatic heterocycles. The third kappa shape index (κ3) is 4.32. The van der Waals surface area contributed by atoms with Crippen molar-refractivity contribution in [3.8, 4) is 0 Å². The summed E-state index contributed by atoms with van der Waals surface area (Å²) in [6, 6.07) is 9.66. The normalized spacial score (nSPS) is 11.4. The number of likely N-dealkylation sites (N-methyl/N-ethyl adjacent to an activating group) is 1. The second kappa shape index (κ2) is 7.97. The smallest absolute Gasteiger partial charge is 0.260 e. The lowest BCUT2D eigenvalue weighted by atomic mass is 10.1. The minimum absolute atomic E-state index is 0.0252. The Morgan fingerprint density at radius 1 is 1.04 bits per heavy atom. The van der Waals surface area contributed by atoms with Crippen LogP contribution < -0.4 is 4.90 Å². The number of aromatic nitrogens is 1. The molecule has 3 aromatic rings. The predicted octanol–water partition coefficient (Wildman–Crippen LogP) is 5.08. The molecule has 0 fully saturated rings. The van der Waals surface area contributed by atoms with E-state index in [0.29, 0.717) is 22.3 Å². The molecule has 3 rings (SSSR count). The van der Waals surface area contributed by atoms with Gasteiger partial charge in [0.15, 0.2) is 5.13 Å². The van der Waals surface area contributed by atoms with Gasteiger partial charge in [-0.15, -0.1) is 0 Å². The van der Waals surface area contributed by atoms with Gasteiger partial charge >= 0.3 is 0 Å². The minimum atomic E-state index is -0.0252. The summed E-state index contributed by atoms with van der Waals surface area (Å²) in [4.78, 5) is 21.9. The quantitative estimate of drug-likeness (QED) is 0.597. The van der Waals surface area contributed by atoms with Crippen LogP contribution in [0.3, 0.4) is 0 Å². The average molecular weight is 402 g/mol. The number of hydrogen-bond acceptors (Lipinski definition) is 4. The highest BCUT2D eigenvalue weighted by atomic mass is 35.5. The summed E-state index contributed by atoms with van der Waals surface area (Å²) in [5.41, 5.74) is 4.90. The van der Waals surface area contributed by atoms with Gasteiger partial charge in [0, 0.05) is 23.7 Å². The molecule has 0 atom stereocenters. The van der Waals surface area contributed by atoms with Gasteiger partial charge in [0.1, 0.15) is 0 Å². The van der Waals surface area contributed by atoms with Crippen LogP contribution in [-0.2, 0) is 0 Å². The molecule has 27 heavy (non-hydrogen) atoms. The fraction of sp³-hybridized carbons (Fsp3) is 0.333. The summed E-state index contributed by atoms with van der Waals surface area (Å²) in [6.07, 6.45) is 0. The maximum Gasteiger partial charge on any atom is 0.260 e. The molecular weight excluding hydrogens is 378 g/mol. The van der Waals surface area contributed by atoms with Crippen molar-refractivity contribution < 1.29 is 4.79 Å². The van der Waals surface area contributed by atoms with Crippen molar-refractivity contribution >= 4 is 44.2 Å². The fourth-order valence-corrected chi connectivity index (χ4v) is 4.32. The first-order valence-corrected chi connectivity index (χ1v) is 10.1. The van der Waals surface area contributed by atoms with Crippen molar-refractivity contribution in [2.45, 2.75) is 20.8 Å². The van der Waals surface area contributed by atoms with Gasteiger partial charge in [0.05, 0.1) is 10.2 Å². The lowest BCUT2D eigenvalue weighted by molar-refractivity contribution is 0.0985. The van der Waals surface area contributed by atoms with Crippen LogP contribution in [0.2, 0.25) is 5.02 Å². The molecule has 0 saturated carbocycles. The zero-order valence-corrected chi connectivity index (χ0v) is 17.9. The molecule has 1 aromatic heterocycles. The van der Waals surface area contributed by atoms with Crippen molar-refractivity contribution in [2.24, 2.45) is 0 Å². The van der Waals surface area contributed by atoms with Gasteiger partial charge in [0.2, 0.25) is 0 Å². The summed E-state index contributed by atoms with van der Waals surface area (Å²) in [7, 11) is 4.00. The zero-order valence-electron chi connectivity index (χ0n) is 16.3. The van der Waals surface area contributed by atoms with Crippen molar-refractivity contribution in [3.05, 3.63) is 57.6 Å². The zero-order chi connectivity index (χ0) is 19.7. The molecular formula is C21H24ClN3OS. The van der Waals surface area contributed by atoms with Crippen LogP contribution in [-0.4, -0.2) is 43.0 Å². The number of aryl methyl sites for hydroxylation is 3. The molecule has 0 aliphatic rings. The predicted molar refractivity (Wildman–Crippen MR) is 116 cm³/mol. The number of benzene rings is 2. The number of carbonyl (C=O) groups is 1. The second-order valence-corrected chi connectivity index (χ2v) is 8.57. The van der Waals surface area contributed by atoms with Crippen molar-refractivity contribution in [2.75, 3.05) is 32.1 Å². The van der Waals surface area contributed by atoms with Crippen LogP contribution in [0, 0.1) is 20.8 Å². The number of nitrogens with zero attached hydrogens (tertiary/aromatic N) is 3. The van der Waals surface area contributed by atoms with Gasteiger partial charge in [-0.25, -0.2) is 4.98 Å². The van der Waals surface area contributed by atoms with Gasteiger partial charge in [-0.1, -0.05) is 29.0 Å². The van der Waals surface area contributed by atoms with E-state index in [1.165, 1.54) is 16.9 Å². The van der Waals surface area contributed by atoms with Gasteiger partial charge in [-0.3, -0.25) is 9.69 Å². The topological polar surface area (TPSA) is 36.4 Å². The van der Waals surface area contributed by atoms with Gasteiger partial charge < -0.3 is 4.90 Å². The van der Waals surface area contributed by atoms with E-state index in [1.807, 2.05) is 65.2 Å². The Bertz CT molecular complexity index is 997. The fourth-order valence-electron chi connectivity index (χ4n) is 2.87. The first-order valence-electron chi connectivity index (χ1n) is 8.87. The number of carbonyl (C=O) groups excluding carboxylic acids is 1. The van der Waals surface area contributed by atoms with E-state index < -0.39 is 0 Å². The number of thiazole rings is 1. The van der Waals surface area contributed by atoms with Gasteiger partial charge in [0.25, 0.3) is 5.91 Å². The van der Waals surface area contributed by atoms with Gasteiger partial charge in [-0.05, 0) is 75.8 Å². The van der Waals surface area contributed by atoms with Crippen LogP contribution >= 0.6 is 22.9 Å².